The molecule has 0 N–H and O–H groups in total. The summed E-state index contributed by atoms with van der Waals surface area (Å²) in [6.45, 7) is 0.0988. The zero-order valence-electron chi connectivity index (χ0n) is 11.3. The van der Waals surface area contributed by atoms with Gasteiger partial charge in [-0.2, -0.15) is 8.78 Å². The SMILES string of the molecule is O=C1OC(CCl)CN1c1ccc(S(=O)(=O)C(F)(F)C(F)F)cc1. The Hall–Kier alpha value is -1.55. The van der Waals surface area contributed by atoms with Crippen LogP contribution in [0, 0.1) is 0 Å². The fourth-order valence-electron chi connectivity index (χ4n) is 1.89. The third-order valence-electron chi connectivity index (χ3n) is 3.12. The lowest BCUT2D eigenvalue weighted by molar-refractivity contribution is -0.0636. The average molecular weight is 376 g/mol. The molecule has 0 saturated carbocycles. The molecule has 0 aliphatic carbocycles. The Morgan fingerprint density at radius 2 is 1.87 bits per heavy atom. The maximum absolute atomic E-state index is 13.1. The smallest absolute Gasteiger partial charge is 0.414 e. The van der Waals surface area contributed by atoms with E-state index in [2.05, 4.69) is 0 Å². The molecular weight excluding hydrogens is 366 g/mol. The molecule has 1 aromatic rings. The number of cyclic esters (lactones) is 1. The fourth-order valence-corrected chi connectivity index (χ4v) is 3.10. The van der Waals surface area contributed by atoms with Gasteiger partial charge in [-0.1, -0.05) is 0 Å². The van der Waals surface area contributed by atoms with E-state index in [1.807, 2.05) is 0 Å². The zero-order chi connectivity index (χ0) is 17.4. The van der Waals surface area contributed by atoms with Gasteiger partial charge in [-0.05, 0) is 24.3 Å². The van der Waals surface area contributed by atoms with Crippen LogP contribution in [0.1, 0.15) is 0 Å². The Bertz CT molecular complexity index is 696. The second kappa shape index (κ2) is 6.16. The van der Waals surface area contributed by atoms with Gasteiger partial charge in [0.15, 0.2) is 0 Å². The van der Waals surface area contributed by atoms with Crippen LogP contribution in [0.2, 0.25) is 0 Å². The summed E-state index contributed by atoms with van der Waals surface area (Å²) in [5.41, 5.74) is 0.168. The molecule has 2 rings (SSSR count). The summed E-state index contributed by atoms with van der Waals surface area (Å²) in [5, 5.41) is -5.20. The van der Waals surface area contributed by atoms with Crippen LogP contribution in [0.4, 0.5) is 28.0 Å². The van der Waals surface area contributed by atoms with Crippen LogP contribution in [0.15, 0.2) is 29.2 Å². The number of carbonyl (C=O) groups excluding carboxylic acids is 1. The van der Waals surface area contributed by atoms with E-state index in [0.29, 0.717) is 0 Å². The number of sulfone groups is 1. The van der Waals surface area contributed by atoms with E-state index >= 15 is 0 Å². The van der Waals surface area contributed by atoms with Crippen molar-refractivity contribution in [3.05, 3.63) is 24.3 Å². The normalized spacial score (nSPS) is 19.3. The molecule has 1 unspecified atom stereocenters. The van der Waals surface area contributed by atoms with Crippen molar-refractivity contribution in [3.8, 4) is 0 Å². The van der Waals surface area contributed by atoms with Gasteiger partial charge in [0.2, 0.25) is 9.84 Å². The molecule has 1 saturated heterocycles. The number of benzene rings is 1. The van der Waals surface area contributed by atoms with Crippen LogP contribution in [-0.2, 0) is 14.6 Å². The van der Waals surface area contributed by atoms with Gasteiger partial charge in [-0.3, -0.25) is 4.90 Å². The quantitative estimate of drug-likeness (QED) is 0.586. The number of halogens is 5. The zero-order valence-corrected chi connectivity index (χ0v) is 12.8. The molecule has 1 aromatic carbocycles. The Balaban J connectivity index is 2.29. The number of ether oxygens (including phenoxy) is 1. The van der Waals surface area contributed by atoms with Crippen LogP contribution in [-0.4, -0.2) is 44.7 Å². The molecule has 23 heavy (non-hydrogen) atoms. The molecule has 0 spiro atoms. The lowest BCUT2D eigenvalue weighted by Crippen LogP contribution is -2.36. The Kier molecular flexibility index (Phi) is 4.76. The Labute approximate surface area is 133 Å². The minimum atomic E-state index is -5.55. The van der Waals surface area contributed by atoms with Gasteiger partial charge in [0, 0.05) is 5.69 Å². The van der Waals surface area contributed by atoms with Crippen molar-refractivity contribution in [2.24, 2.45) is 0 Å². The van der Waals surface area contributed by atoms with Gasteiger partial charge in [-0.15, -0.1) is 11.6 Å². The lowest BCUT2D eigenvalue weighted by atomic mass is 10.3. The van der Waals surface area contributed by atoms with E-state index in [0.717, 1.165) is 29.2 Å². The summed E-state index contributed by atoms with van der Waals surface area (Å²) in [4.78, 5) is 11.7. The summed E-state index contributed by atoms with van der Waals surface area (Å²) < 4.78 is 78.7. The van der Waals surface area contributed by atoms with Crippen molar-refractivity contribution < 1.29 is 35.5 Å². The number of amides is 1. The predicted octanol–water partition coefficient (Wildman–Crippen LogP) is 2.88. The summed E-state index contributed by atoms with van der Waals surface area (Å²) in [5.74, 6) is 0.0509. The molecule has 1 aliphatic heterocycles. The van der Waals surface area contributed by atoms with E-state index in [1.165, 1.54) is 0 Å². The van der Waals surface area contributed by atoms with Crippen molar-refractivity contribution in [3.63, 3.8) is 0 Å². The molecule has 1 amide bonds. The third kappa shape index (κ3) is 3.09. The number of carbonyl (C=O) groups is 1. The highest BCUT2D eigenvalue weighted by Crippen LogP contribution is 2.35. The summed E-state index contributed by atoms with van der Waals surface area (Å²) in [6, 6.07) is 3.54. The second-order valence-electron chi connectivity index (χ2n) is 4.63. The van der Waals surface area contributed by atoms with E-state index in [4.69, 9.17) is 16.3 Å². The van der Waals surface area contributed by atoms with Crippen LogP contribution in [0.5, 0.6) is 0 Å². The first kappa shape index (κ1) is 17.8. The topological polar surface area (TPSA) is 63.7 Å². The fraction of sp³-hybridized carbons (Fsp3) is 0.417. The second-order valence-corrected chi connectivity index (χ2v) is 6.96. The largest absolute Gasteiger partial charge is 0.443 e. The van der Waals surface area contributed by atoms with Crippen molar-refractivity contribution in [1.29, 1.82) is 0 Å². The summed E-state index contributed by atoms with van der Waals surface area (Å²) in [7, 11) is -5.55. The first-order valence-corrected chi connectivity index (χ1v) is 8.17. The highest BCUT2D eigenvalue weighted by atomic mass is 35.5. The van der Waals surface area contributed by atoms with Crippen LogP contribution < -0.4 is 4.90 Å². The van der Waals surface area contributed by atoms with Gasteiger partial charge in [-0.25, -0.2) is 22.0 Å². The summed E-state index contributed by atoms with van der Waals surface area (Å²) >= 11 is 5.55. The molecule has 128 valence electrons. The molecule has 1 aliphatic rings. The minimum Gasteiger partial charge on any atom is -0.443 e. The van der Waals surface area contributed by atoms with Gasteiger partial charge < -0.3 is 4.74 Å². The van der Waals surface area contributed by atoms with E-state index < -0.39 is 38.6 Å². The number of hydrogen-bond donors (Lipinski definition) is 0. The maximum Gasteiger partial charge on any atom is 0.414 e. The maximum atomic E-state index is 13.1. The van der Waals surface area contributed by atoms with Crippen LogP contribution in [0.25, 0.3) is 0 Å². The number of hydrogen-bond acceptors (Lipinski definition) is 4. The number of anilines is 1. The Morgan fingerprint density at radius 3 is 2.30 bits per heavy atom. The Morgan fingerprint density at radius 1 is 1.30 bits per heavy atom. The minimum absolute atomic E-state index is 0.0509. The van der Waals surface area contributed by atoms with Crippen molar-refractivity contribution in [2.75, 3.05) is 17.3 Å². The molecule has 0 bridgehead atoms. The van der Waals surface area contributed by atoms with Gasteiger partial charge >= 0.3 is 17.8 Å². The molecule has 1 heterocycles. The highest BCUT2D eigenvalue weighted by molar-refractivity contribution is 7.92. The van der Waals surface area contributed by atoms with E-state index in [-0.39, 0.29) is 18.1 Å². The lowest BCUT2D eigenvalue weighted by Gasteiger charge is -2.17. The number of alkyl halides is 5. The van der Waals surface area contributed by atoms with Gasteiger partial charge in [0.1, 0.15) is 6.10 Å². The summed E-state index contributed by atoms with van der Waals surface area (Å²) in [6.07, 6.45) is -5.65. The number of rotatable bonds is 5. The van der Waals surface area contributed by atoms with Gasteiger partial charge in [0.25, 0.3) is 0 Å². The predicted molar refractivity (Wildman–Crippen MR) is 72.9 cm³/mol. The van der Waals surface area contributed by atoms with E-state index in [1.54, 1.807) is 0 Å². The molecule has 1 fully saturated rings. The molecule has 11 heteroatoms. The van der Waals surface area contributed by atoms with E-state index in [9.17, 15) is 30.8 Å². The third-order valence-corrected chi connectivity index (χ3v) is 5.25. The number of nitrogens with zero attached hydrogens (tertiary/aromatic N) is 1. The van der Waals surface area contributed by atoms with Crippen molar-refractivity contribution in [1.82, 2.24) is 0 Å². The van der Waals surface area contributed by atoms with Crippen LogP contribution >= 0.6 is 11.6 Å². The molecule has 0 radical (unpaired) electrons. The molecular formula is C12H10ClF4NO4S. The standard InChI is InChI=1S/C12H10ClF4NO4S/c13-5-8-6-18(11(19)22-8)7-1-3-9(4-2-7)23(20,21)12(16,17)10(14)15/h1-4,8,10H,5-6H2. The van der Waals surface area contributed by atoms with Crippen molar-refractivity contribution in [2.45, 2.75) is 22.7 Å². The van der Waals surface area contributed by atoms with Crippen molar-refractivity contribution >= 4 is 33.2 Å². The first-order chi connectivity index (χ1) is 10.6. The van der Waals surface area contributed by atoms with Gasteiger partial charge in [0.05, 0.1) is 17.3 Å². The first-order valence-electron chi connectivity index (χ1n) is 6.16. The average Bonchev–Trinajstić information content (AvgIpc) is 2.88. The molecule has 0 aromatic heterocycles. The molecule has 5 nitrogen and oxygen atoms in total. The highest BCUT2D eigenvalue weighted by Gasteiger charge is 2.54. The van der Waals surface area contributed by atoms with Crippen LogP contribution in [0.3, 0.4) is 0 Å². The monoisotopic (exact) mass is 375 g/mol. The molecule has 1 atom stereocenters.